The third-order valence-corrected chi connectivity index (χ3v) is 9.00. The molecule has 1 spiro atoms. The smallest absolute Gasteiger partial charge is 0.246 e. The van der Waals surface area contributed by atoms with Crippen LogP contribution in [0.4, 0.5) is 5.69 Å². The van der Waals surface area contributed by atoms with Crippen LogP contribution in [0.2, 0.25) is 0 Å². The Labute approximate surface area is 226 Å². The molecule has 2 bridgehead atoms. The lowest BCUT2D eigenvalue weighted by atomic mass is 9.74. The second-order valence-corrected chi connectivity index (χ2v) is 12.2. The summed E-state index contributed by atoms with van der Waals surface area (Å²) in [4.78, 5) is 45.2. The van der Waals surface area contributed by atoms with Gasteiger partial charge in [0.1, 0.15) is 11.6 Å². The maximum atomic E-state index is 14.0. The molecule has 3 fully saturated rings. The summed E-state index contributed by atoms with van der Waals surface area (Å²) in [5.41, 5.74) is 0.756. The fourth-order valence-electron chi connectivity index (χ4n) is 6.78. The van der Waals surface area contributed by atoms with Crippen molar-refractivity contribution in [2.75, 3.05) is 32.5 Å². The molecule has 3 aliphatic heterocycles. The Kier molecular flexibility index (Phi) is 7.40. The molecule has 8 nitrogen and oxygen atoms in total. The lowest BCUT2D eigenvalue weighted by molar-refractivity contribution is -0.141. The van der Waals surface area contributed by atoms with Gasteiger partial charge in [-0.05, 0) is 56.5 Å². The number of nitrogens with one attached hydrogen (secondary N) is 2. The Morgan fingerprint density at radius 1 is 1.13 bits per heavy atom. The van der Waals surface area contributed by atoms with E-state index >= 15 is 0 Å². The monoisotopic (exact) mass is 522 g/mol. The van der Waals surface area contributed by atoms with Crippen LogP contribution in [-0.4, -0.2) is 78.5 Å². The quantitative estimate of drug-likeness (QED) is 0.512. The molecule has 1 aromatic carbocycles. The molecule has 2 N–H and O–H groups in total. The lowest BCUT2D eigenvalue weighted by Crippen LogP contribution is -2.58. The number of rotatable bonds is 8. The molecule has 0 radical (unpaired) electrons. The van der Waals surface area contributed by atoms with Crippen molar-refractivity contribution >= 4 is 23.4 Å². The number of amides is 3. The fraction of sp³-hybridized carbons (Fsp3) is 0.633. The molecule has 5 rings (SSSR count). The molecule has 3 amide bonds. The van der Waals surface area contributed by atoms with Gasteiger partial charge in [-0.1, -0.05) is 57.9 Å². The minimum Gasteiger partial charge on any atom is -0.359 e. The number of benzene rings is 1. The Morgan fingerprint density at radius 3 is 2.50 bits per heavy atom. The maximum absolute atomic E-state index is 14.0. The van der Waals surface area contributed by atoms with Crippen LogP contribution >= 0.6 is 0 Å². The zero-order valence-electron chi connectivity index (χ0n) is 23.3. The van der Waals surface area contributed by atoms with Gasteiger partial charge in [-0.2, -0.15) is 0 Å². The van der Waals surface area contributed by atoms with Gasteiger partial charge in [0.2, 0.25) is 17.7 Å². The van der Waals surface area contributed by atoms with Gasteiger partial charge < -0.3 is 25.2 Å². The molecule has 1 aliphatic carbocycles. The number of nitrogens with zero attached hydrogens (tertiary/aromatic N) is 2. The normalized spacial score (nSPS) is 33.8. The van der Waals surface area contributed by atoms with Crippen molar-refractivity contribution in [3.05, 3.63) is 42.0 Å². The van der Waals surface area contributed by atoms with Crippen LogP contribution in [0.3, 0.4) is 0 Å². The predicted molar refractivity (Wildman–Crippen MR) is 147 cm³/mol. The molecule has 0 unspecified atom stereocenters. The third kappa shape index (κ3) is 4.66. The molecule has 4 aliphatic rings. The van der Waals surface area contributed by atoms with Gasteiger partial charge >= 0.3 is 0 Å². The average molecular weight is 523 g/mol. The Bertz CT molecular complexity index is 1100. The van der Waals surface area contributed by atoms with Gasteiger partial charge in [0.15, 0.2) is 0 Å². The number of carbonyl (C=O) groups is 3. The summed E-state index contributed by atoms with van der Waals surface area (Å²) < 4.78 is 6.45. The zero-order valence-corrected chi connectivity index (χ0v) is 23.3. The highest BCUT2D eigenvalue weighted by atomic mass is 16.5. The van der Waals surface area contributed by atoms with Crippen LogP contribution < -0.4 is 10.6 Å². The predicted octanol–water partition coefficient (Wildman–Crippen LogP) is 3.16. The van der Waals surface area contributed by atoms with E-state index < -0.39 is 29.6 Å². The van der Waals surface area contributed by atoms with Crippen LogP contribution in [0, 0.1) is 17.8 Å². The summed E-state index contributed by atoms with van der Waals surface area (Å²) in [7, 11) is 3.89. The minimum absolute atomic E-state index is 0.0907. The number of hydrogen-bond donors (Lipinski definition) is 2. The molecule has 1 saturated carbocycles. The summed E-state index contributed by atoms with van der Waals surface area (Å²) in [6.07, 6.45) is 7.53. The number of ether oxygens (including phenoxy) is 1. The van der Waals surface area contributed by atoms with Crippen molar-refractivity contribution in [2.24, 2.45) is 17.8 Å². The van der Waals surface area contributed by atoms with E-state index in [1.54, 1.807) is 4.90 Å². The van der Waals surface area contributed by atoms with Crippen LogP contribution in [0.1, 0.15) is 57.9 Å². The van der Waals surface area contributed by atoms with Gasteiger partial charge in [0, 0.05) is 24.8 Å². The van der Waals surface area contributed by atoms with E-state index in [-0.39, 0.29) is 23.8 Å². The highest BCUT2D eigenvalue weighted by Gasteiger charge is 2.72. The second kappa shape index (κ2) is 10.5. The van der Waals surface area contributed by atoms with Crippen molar-refractivity contribution in [3.63, 3.8) is 0 Å². The first-order chi connectivity index (χ1) is 18.1. The summed E-state index contributed by atoms with van der Waals surface area (Å²) in [5, 5.41) is 6.29. The van der Waals surface area contributed by atoms with E-state index in [0.717, 1.165) is 19.3 Å². The van der Waals surface area contributed by atoms with Crippen molar-refractivity contribution in [1.29, 1.82) is 0 Å². The number of carbonyl (C=O) groups excluding carboxylic acids is 3. The Hall–Kier alpha value is -2.71. The van der Waals surface area contributed by atoms with Crippen LogP contribution in [0.15, 0.2) is 36.4 Å². The van der Waals surface area contributed by atoms with Gasteiger partial charge in [0.25, 0.3) is 0 Å². The number of hydrogen-bond acceptors (Lipinski definition) is 5. The van der Waals surface area contributed by atoms with E-state index in [9.17, 15) is 14.4 Å². The molecule has 206 valence electrons. The van der Waals surface area contributed by atoms with Gasteiger partial charge in [0.05, 0.1) is 17.9 Å². The van der Waals surface area contributed by atoms with E-state index in [2.05, 4.69) is 31.4 Å². The van der Waals surface area contributed by atoms with E-state index in [1.807, 2.05) is 55.4 Å². The highest BCUT2D eigenvalue weighted by molar-refractivity contribution is 6.02. The highest BCUT2D eigenvalue weighted by Crippen LogP contribution is 2.55. The Morgan fingerprint density at radius 2 is 1.84 bits per heavy atom. The Balaban J connectivity index is 1.41. The second-order valence-electron chi connectivity index (χ2n) is 12.2. The largest absolute Gasteiger partial charge is 0.359 e. The molecule has 7 atom stereocenters. The van der Waals surface area contributed by atoms with E-state index in [4.69, 9.17) is 4.74 Å². The summed E-state index contributed by atoms with van der Waals surface area (Å²) in [6.45, 7) is 7.45. The molecule has 2 saturated heterocycles. The van der Waals surface area contributed by atoms with E-state index in [1.165, 1.54) is 12.0 Å². The number of fused-ring (bicyclic) bond motifs is 1. The summed E-state index contributed by atoms with van der Waals surface area (Å²) in [6, 6.07) is 7.11. The molecule has 1 aromatic rings. The first-order valence-corrected chi connectivity index (χ1v) is 14.2. The zero-order chi connectivity index (χ0) is 27.2. The standard InChI is InChI=1S/C30H42N4O4/c1-18(2)20-10-12-21(13-11-20)31-27(35)24-23-14-15-30(38-23)25(24)29(37)34(17-16-33(4)5)26(30)28(36)32-22-9-7-6-8-19(22)3/h10-15,18-19,22-26H,6-9,16-17H2,1-5H3,(H,31,35)(H,32,36)/t19-,22+,23+,24-,25+,26+,30+/m1/s1. The van der Waals surface area contributed by atoms with Gasteiger partial charge in [-0.3, -0.25) is 14.4 Å². The number of anilines is 1. The van der Waals surface area contributed by atoms with Crippen LogP contribution in [0.25, 0.3) is 0 Å². The van der Waals surface area contributed by atoms with E-state index in [0.29, 0.717) is 30.6 Å². The lowest BCUT2D eigenvalue weighted by Gasteiger charge is -2.36. The molecular formula is C30H42N4O4. The van der Waals surface area contributed by atoms with Crippen LogP contribution in [-0.2, 0) is 19.1 Å². The molecule has 8 heteroatoms. The topological polar surface area (TPSA) is 91.0 Å². The first kappa shape index (κ1) is 26.9. The van der Waals surface area contributed by atoms with Crippen molar-refractivity contribution in [1.82, 2.24) is 15.1 Å². The fourth-order valence-corrected chi connectivity index (χ4v) is 6.78. The molecule has 0 aromatic heterocycles. The SMILES string of the molecule is CC(C)c1ccc(NC(=O)[C@@H]2[C@@H]3C=C[C@]4(O3)[C@@H]2C(=O)N(CCN(C)C)[C@H]4C(=O)N[C@H]2CCCC[C@H]2C)cc1. The maximum Gasteiger partial charge on any atom is 0.246 e. The van der Waals surface area contributed by atoms with Crippen molar-refractivity contribution < 1.29 is 19.1 Å². The summed E-state index contributed by atoms with van der Waals surface area (Å²) >= 11 is 0. The van der Waals surface area contributed by atoms with Gasteiger partial charge in [-0.15, -0.1) is 0 Å². The molecule has 38 heavy (non-hydrogen) atoms. The van der Waals surface area contributed by atoms with Crippen molar-refractivity contribution in [3.8, 4) is 0 Å². The average Bonchev–Trinajstić information content (AvgIpc) is 3.51. The summed E-state index contributed by atoms with van der Waals surface area (Å²) in [5.74, 6) is -1.22. The van der Waals surface area contributed by atoms with Gasteiger partial charge in [-0.25, -0.2) is 0 Å². The van der Waals surface area contributed by atoms with Crippen molar-refractivity contribution in [2.45, 2.75) is 76.2 Å². The molecule has 3 heterocycles. The third-order valence-electron chi connectivity index (χ3n) is 9.00. The first-order valence-electron chi connectivity index (χ1n) is 14.2. The number of likely N-dealkylation sites (N-methyl/N-ethyl adjacent to an activating group) is 1. The number of likely N-dealkylation sites (tertiary alicyclic amines) is 1. The van der Waals surface area contributed by atoms with Crippen LogP contribution in [0.5, 0.6) is 0 Å². The molecular weight excluding hydrogens is 480 g/mol. The minimum atomic E-state index is -1.13.